The highest BCUT2D eigenvalue weighted by Gasteiger charge is 2.29. The molecule has 0 radical (unpaired) electrons. The highest BCUT2D eigenvalue weighted by atomic mass is 16.4. The van der Waals surface area contributed by atoms with Gasteiger partial charge in [-0.15, -0.1) is 0 Å². The van der Waals surface area contributed by atoms with Gasteiger partial charge in [-0.3, -0.25) is 0 Å². The molecule has 0 bridgehead atoms. The molecule has 0 saturated carbocycles. The van der Waals surface area contributed by atoms with Gasteiger partial charge in [-0.25, -0.2) is 4.79 Å². The van der Waals surface area contributed by atoms with Gasteiger partial charge in [0.2, 0.25) is 0 Å². The van der Waals surface area contributed by atoms with Crippen LogP contribution >= 0.6 is 0 Å². The molecule has 0 amide bonds. The highest BCUT2D eigenvalue weighted by molar-refractivity contribution is 5.72. The topological polar surface area (TPSA) is 150 Å². The van der Waals surface area contributed by atoms with Crippen molar-refractivity contribution in [1.29, 1.82) is 0 Å². The summed E-state index contributed by atoms with van der Waals surface area (Å²) >= 11 is 0. The van der Waals surface area contributed by atoms with E-state index in [-0.39, 0.29) is 5.48 Å². The third-order valence-corrected chi connectivity index (χ3v) is 1.16. The molecular formula is C5H12O7. The molecule has 0 saturated heterocycles. The van der Waals surface area contributed by atoms with Gasteiger partial charge in [0.1, 0.15) is 12.2 Å². The van der Waals surface area contributed by atoms with Crippen LogP contribution in [0.4, 0.5) is 0 Å². The minimum Gasteiger partial charge on any atom is -0.479 e. The van der Waals surface area contributed by atoms with Crippen LogP contribution in [0.25, 0.3) is 0 Å². The quantitative estimate of drug-likeness (QED) is 0.303. The minimum absolute atomic E-state index is 0. The second-order valence-electron chi connectivity index (χ2n) is 2.02. The number of hydrogen-bond acceptors (Lipinski definition) is 5. The monoisotopic (exact) mass is 184 g/mol. The Hall–Kier alpha value is -0.730. The zero-order valence-corrected chi connectivity index (χ0v) is 6.08. The van der Waals surface area contributed by atoms with Crippen LogP contribution in [0.3, 0.4) is 0 Å². The van der Waals surface area contributed by atoms with E-state index in [1.807, 2.05) is 0 Å². The second kappa shape index (κ2) is 5.86. The lowest BCUT2D eigenvalue weighted by atomic mass is 10.1. The van der Waals surface area contributed by atoms with E-state index < -0.39 is 30.9 Å². The summed E-state index contributed by atoms with van der Waals surface area (Å²) in [6.07, 6.45) is -5.57. The minimum atomic E-state index is -2.07. The van der Waals surface area contributed by atoms with Gasteiger partial charge < -0.3 is 31.0 Å². The molecule has 0 spiro atoms. The lowest BCUT2D eigenvalue weighted by Crippen LogP contribution is -2.43. The highest BCUT2D eigenvalue weighted by Crippen LogP contribution is 1.99. The Balaban J connectivity index is 0. The Kier molecular flexibility index (Phi) is 6.76. The maximum Gasteiger partial charge on any atom is 0.335 e. The first-order valence-electron chi connectivity index (χ1n) is 2.88. The second-order valence-corrected chi connectivity index (χ2v) is 2.02. The lowest BCUT2D eigenvalue weighted by molar-refractivity contribution is -0.159. The maximum atomic E-state index is 9.96. The molecule has 0 aliphatic carbocycles. The SMILES string of the molecule is O.O=C(O)[C@H](O)[C@@H](O)[C@H](O)CO. The predicted octanol–water partition coefficient (Wildman–Crippen LogP) is -3.68. The van der Waals surface area contributed by atoms with Crippen molar-refractivity contribution in [3.05, 3.63) is 0 Å². The largest absolute Gasteiger partial charge is 0.479 e. The molecule has 0 unspecified atom stereocenters. The molecule has 7 heteroatoms. The smallest absolute Gasteiger partial charge is 0.335 e. The molecule has 0 aliphatic rings. The molecule has 0 aromatic carbocycles. The third kappa shape index (κ3) is 3.60. The average molecular weight is 184 g/mol. The van der Waals surface area contributed by atoms with Crippen molar-refractivity contribution in [2.24, 2.45) is 0 Å². The summed E-state index contributed by atoms with van der Waals surface area (Å²) in [5, 5.41) is 42.2. The molecule has 7 nitrogen and oxygen atoms in total. The zero-order chi connectivity index (χ0) is 9.02. The number of carboxylic acid groups (broad SMARTS) is 1. The Morgan fingerprint density at radius 1 is 1.25 bits per heavy atom. The van der Waals surface area contributed by atoms with E-state index in [4.69, 9.17) is 25.5 Å². The van der Waals surface area contributed by atoms with Crippen molar-refractivity contribution in [2.45, 2.75) is 18.3 Å². The fraction of sp³-hybridized carbons (Fsp3) is 0.800. The Bertz CT molecular complexity index is 136. The predicted molar refractivity (Wildman–Crippen MR) is 36.4 cm³/mol. The lowest BCUT2D eigenvalue weighted by Gasteiger charge is -2.17. The standard InChI is InChI=1S/C5H10O6.H2O/c6-1-2(7)3(8)4(9)5(10)11;/h2-4,6-9H,1H2,(H,10,11);1H2/t2-,3+,4-;/m1./s1. The van der Waals surface area contributed by atoms with Gasteiger partial charge in [0.15, 0.2) is 6.10 Å². The van der Waals surface area contributed by atoms with E-state index >= 15 is 0 Å². The summed E-state index contributed by atoms with van der Waals surface area (Å²) < 4.78 is 0. The van der Waals surface area contributed by atoms with Gasteiger partial charge >= 0.3 is 5.97 Å². The van der Waals surface area contributed by atoms with Crippen molar-refractivity contribution in [1.82, 2.24) is 0 Å². The number of carboxylic acids is 1. The molecular weight excluding hydrogens is 172 g/mol. The van der Waals surface area contributed by atoms with Gasteiger partial charge in [-0.1, -0.05) is 0 Å². The van der Waals surface area contributed by atoms with Crippen LogP contribution in [0.5, 0.6) is 0 Å². The van der Waals surface area contributed by atoms with E-state index in [0.717, 1.165) is 0 Å². The van der Waals surface area contributed by atoms with Crippen molar-refractivity contribution >= 4 is 5.97 Å². The third-order valence-electron chi connectivity index (χ3n) is 1.16. The fourth-order valence-corrected chi connectivity index (χ4v) is 0.465. The number of rotatable bonds is 4. The van der Waals surface area contributed by atoms with E-state index in [1.54, 1.807) is 0 Å². The first kappa shape index (κ1) is 13.8. The number of aliphatic hydroxyl groups is 4. The molecule has 3 atom stereocenters. The normalized spacial score (nSPS) is 17.3. The first-order valence-corrected chi connectivity index (χ1v) is 2.88. The first-order chi connectivity index (χ1) is 5.00. The van der Waals surface area contributed by atoms with Gasteiger partial charge in [0, 0.05) is 0 Å². The number of aliphatic carboxylic acids is 1. The molecule has 0 fully saturated rings. The van der Waals surface area contributed by atoms with Crippen LogP contribution in [0.15, 0.2) is 0 Å². The Labute approximate surface area is 67.8 Å². The Morgan fingerprint density at radius 2 is 1.67 bits per heavy atom. The zero-order valence-electron chi connectivity index (χ0n) is 6.08. The van der Waals surface area contributed by atoms with Gasteiger partial charge in [0.05, 0.1) is 6.61 Å². The van der Waals surface area contributed by atoms with Crippen LogP contribution in [0, 0.1) is 0 Å². The van der Waals surface area contributed by atoms with Crippen LogP contribution in [-0.2, 0) is 4.79 Å². The van der Waals surface area contributed by atoms with Gasteiger partial charge in [-0.05, 0) is 0 Å². The Morgan fingerprint density at radius 3 is 1.92 bits per heavy atom. The summed E-state index contributed by atoms with van der Waals surface area (Å²) in [5.41, 5.74) is 0. The van der Waals surface area contributed by atoms with Crippen LogP contribution in [0.2, 0.25) is 0 Å². The van der Waals surface area contributed by atoms with Crippen molar-refractivity contribution in [2.75, 3.05) is 6.61 Å². The molecule has 0 rings (SSSR count). The molecule has 74 valence electrons. The summed E-state index contributed by atoms with van der Waals surface area (Å²) in [4.78, 5) is 9.96. The molecule has 0 aromatic heterocycles. The van der Waals surface area contributed by atoms with Crippen LogP contribution < -0.4 is 0 Å². The van der Waals surface area contributed by atoms with Crippen molar-refractivity contribution < 1.29 is 35.8 Å². The van der Waals surface area contributed by atoms with Gasteiger partial charge in [0.25, 0.3) is 0 Å². The summed E-state index contributed by atoms with van der Waals surface area (Å²) in [6.45, 7) is -0.800. The van der Waals surface area contributed by atoms with Gasteiger partial charge in [-0.2, -0.15) is 0 Å². The van der Waals surface area contributed by atoms with E-state index in [9.17, 15) is 4.79 Å². The summed E-state index contributed by atoms with van der Waals surface area (Å²) in [7, 11) is 0. The fourth-order valence-electron chi connectivity index (χ4n) is 0.465. The van der Waals surface area contributed by atoms with Crippen molar-refractivity contribution in [3.8, 4) is 0 Å². The summed E-state index contributed by atoms with van der Waals surface area (Å²) in [5.74, 6) is -1.65. The van der Waals surface area contributed by atoms with Crippen molar-refractivity contribution in [3.63, 3.8) is 0 Å². The van der Waals surface area contributed by atoms with E-state index in [1.165, 1.54) is 0 Å². The summed E-state index contributed by atoms with van der Waals surface area (Å²) in [6, 6.07) is 0. The van der Waals surface area contributed by atoms with E-state index in [2.05, 4.69) is 0 Å². The average Bonchev–Trinajstić information content (AvgIpc) is 2.00. The molecule has 0 aromatic rings. The maximum absolute atomic E-state index is 9.96. The molecule has 7 N–H and O–H groups in total. The molecule has 12 heavy (non-hydrogen) atoms. The molecule has 0 heterocycles. The number of aliphatic hydroxyl groups excluding tert-OH is 4. The number of carbonyl (C=O) groups is 1. The van der Waals surface area contributed by atoms with Crippen LogP contribution in [-0.4, -0.2) is 61.9 Å². The van der Waals surface area contributed by atoms with E-state index in [0.29, 0.717) is 0 Å². The molecule has 0 aliphatic heterocycles. The number of hydrogen-bond donors (Lipinski definition) is 5. The van der Waals surface area contributed by atoms with Crippen LogP contribution in [0.1, 0.15) is 0 Å².